The molecule has 2 N–H and O–H groups in total. The maximum Gasteiger partial charge on any atom is 0.180 e. The second-order valence-electron chi connectivity index (χ2n) is 4.26. The molecule has 0 spiro atoms. The van der Waals surface area contributed by atoms with Gasteiger partial charge in [0.25, 0.3) is 0 Å². The number of anilines is 1. The number of nitrogen functional groups attached to an aromatic ring is 1. The summed E-state index contributed by atoms with van der Waals surface area (Å²) in [4.78, 5) is 8.93. The fourth-order valence-corrected chi connectivity index (χ4v) is 2.11. The number of hydrogen-bond acceptors (Lipinski definition) is 5. The number of rotatable bonds is 7. The lowest BCUT2D eigenvalue weighted by Gasteiger charge is -2.22. The lowest BCUT2D eigenvalue weighted by atomic mass is 10.3. The summed E-state index contributed by atoms with van der Waals surface area (Å²) in [6, 6.07) is 0. The van der Waals surface area contributed by atoms with E-state index in [4.69, 9.17) is 5.73 Å². The molecular formula is C11H22N4S. The van der Waals surface area contributed by atoms with E-state index in [1.165, 1.54) is 17.8 Å². The van der Waals surface area contributed by atoms with Crippen LogP contribution in [0.25, 0.3) is 0 Å². The van der Waals surface area contributed by atoms with Crippen molar-refractivity contribution in [2.45, 2.75) is 19.9 Å². The SMILES string of the molecule is CCCN(CCN(C)C)Cc1csc(N)n1. The van der Waals surface area contributed by atoms with Gasteiger partial charge in [-0.2, -0.15) is 0 Å². The van der Waals surface area contributed by atoms with E-state index in [1.54, 1.807) is 0 Å². The fourth-order valence-electron chi connectivity index (χ4n) is 1.55. The molecule has 0 aliphatic rings. The molecular weight excluding hydrogens is 220 g/mol. The van der Waals surface area contributed by atoms with Crippen LogP contribution in [0.3, 0.4) is 0 Å². The molecule has 0 amide bonds. The van der Waals surface area contributed by atoms with Crippen molar-refractivity contribution in [2.75, 3.05) is 39.5 Å². The van der Waals surface area contributed by atoms with Gasteiger partial charge in [-0.1, -0.05) is 6.92 Å². The average molecular weight is 242 g/mol. The van der Waals surface area contributed by atoms with E-state index in [0.29, 0.717) is 5.13 Å². The van der Waals surface area contributed by atoms with E-state index in [-0.39, 0.29) is 0 Å². The van der Waals surface area contributed by atoms with Crippen LogP contribution in [0.2, 0.25) is 0 Å². The maximum atomic E-state index is 5.63. The average Bonchev–Trinajstić information content (AvgIpc) is 2.61. The van der Waals surface area contributed by atoms with Crippen molar-refractivity contribution in [1.29, 1.82) is 0 Å². The highest BCUT2D eigenvalue weighted by Crippen LogP contribution is 2.13. The molecule has 0 saturated carbocycles. The van der Waals surface area contributed by atoms with Crippen LogP contribution < -0.4 is 5.73 Å². The molecule has 0 aliphatic carbocycles. The molecule has 1 rings (SSSR count). The van der Waals surface area contributed by atoms with Crippen molar-refractivity contribution in [1.82, 2.24) is 14.8 Å². The van der Waals surface area contributed by atoms with Crippen molar-refractivity contribution >= 4 is 16.5 Å². The Hall–Kier alpha value is -0.650. The van der Waals surface area contributed by atoms with E-state index in [9.17, 15) is 0 Å². The Kier molecular flexibility index (Phi) is 5.73. The first kappa shape index (κ1) is 13.4. The van der Waals surface area contributed by atoms with Gasteiger partial charge in [-0.25, -0.2) is 4.98 Å². The summed E-state index contributed by atoms with van der Waals surface area (Å²) in [5.74, 6) is 0. The Bertz CT molecular complexity index is 298. The van der Waals surface area contributed by atoms with Crippen LogP contribution in [0, 0.1) is 0 Å². The van der Waals surface area contributed by atoms with Crippen LogP contribution in [0.1, 0.15) is 19.0 Å². The Balaban J connectivity index is 2.43. The predicted octanol–water partition coefficient (Wildman–Crippen LogP) is 1.50. The number of likely N-dealkylation sites (N-methyl/N-ethyl adjacent to an activating group) is 1. The van der Waals surface area contributed by atoms with Gasteiger partial charge >= 0.3 is 0 Å². The molecule has 0 saturated heterocycles. The summed E-state index contributed by atoms with van der Waals surface area (Å²) >= 11 is 1.52. The van der Waals surface area contributed by atoms with Gasteiger partial charge in [0.15, 0.2) is 5.13 Å². The molecule has 1 aromatic heterocycles. The molecule has 16 heavy (non-hydrogen) atoms. The van der Waals surface area contributed by atoms with Gasteiger partial charge in [0.05, 0.1) is 5.69 Å². The minimum atomic E-state index is 0.666. The lowest BCUT2D eigenvalue weighted by Crippen LogP contribution is -2.32. The molecule has 0 unspecified atom stereocenters. The van der Waals surface area contributed by atoms with Gasteiger partial charge in [0.1, 0.15) is 0 Å². The monoisotopic (exact) mass is 242 g/mol. The highest BCUT2D eigenvalue weighted by molar-refractivity contribution is 7.13. The number of nitrogens with two attached hydrogens (primary N) is 1. The number of nitrogens with zero attached hydrogens (tertiary/aromatic N) is 3. The second kappa shape index (κ2) is 6.83. The number of thiazole rings is 1. The minimum absolute atomic E-state index is 0.666. The third-order valence-corrected chi connectivity index (χ3v) is 3.08. The zero-order valence-electron chi connectivity index (χ0n) is 10.4. The molecule has 4 nitrogen and oxygen atoms in total. The Morgan fingerprint density at radius 1 is 1.31 bits per heavy atom. The molecule has 0 aliphatic heterocycles. The van der Waals surface area contributed by atoms with Crippen LogP contribution in [0.5, 0.6) is 0 Å². The van der Waals surface area contributed by atoms with E-state index in [0.717, 1.165) is 31.9 Å². The van der Waals surface area contributed by atoms with Crippen molar-refractivity contribution in [3.05, 3.63) is 11.1 Å². The Labute approximate surface area is 102 Å². The van der Waals surface area contributed by atoms with Crippen molar-refractivity contribution < 1.29 is 0 Å². The zero-order chi connectivity index (χ0) is 12.0. The van der Waals surface area contributed by atoms with Crippen molar-refractivity contribution in [3.8, 4) is 0 Å². The first-order chi connectivity index (χ1) is 7.61. The normalized spacial score (nSPS) is 11.6. The van der Waals surface area contributed by atoms with Gasteiger partial charge < -0.3 is 10.6 Å². The third kappa shape index (κ3) is 4.92. The smallest absolute Gasteiger partial charge is 0.180 e. The third-order valence-electron chi connectivity index (χ3n) is 2.36. The highest BCUT2D eigenvalue weighted by atomic mass is 32.1. The number of hydrogen-bond donors (Lipinski definition) is 1. The molecule has 0 fully saturated rings. The second-order valence-corrected chi connectivity index (χ2v) is 5.15. The van der Waals surface area contributed by atoms with Crippen LogP contribution in [-0.4, -0.2) is 48.5 Å². The van der Waals surface area contributed by atoms with Gasteiger partial charge in [0, 0.05) is 25.0 Å². The molecule has 0 aromatic carbocycles. The molecule has 0 atom stereocenters. The maximum absolute atomic E-state index is 5.63. The lowest BCUT2D eigenvalue weighted by molar-refractivity contribution is 0.232. The van der Waals surface area contributed by atoms with E-state index in [1.807, 2.05) is 5.38 Å². The first-order valence-electron chi connectivity index (χ1n) is 5.68. The van der Waals surface area contributed by atoms with Gasteiger partial charge in [-0.3, -0.25) is 4.90 Å². The van der Waals surface area contributed by atoms with E-state index in [2.05, 4.69) is 35.8 Å². The quantitative estimate of drug-likeness (QED) is 0.787. The summed E-state index contributed by atoms with van der Waals surface area (Å²) in [7, 11) is 4.20. The van der Waals surface area contributed by atoms with Crippen LogP contribution in [0.4, 0.5) is 5.13 Å². The fraction of sp³-hybridized carbons (Fsp3) is 0.727. The zero-order valence-corrected chi connectivity index (χ0v) is 11.3. The summed E-state index contributed by atoms with van der Waals surface area (Å²) in [5.41, 5.74) is 6.72. The largest absolute Gasteiger partial charge is 0.375 e. The van der Waals surface area contributed by atoms with Crippen molar-refractivity contribution in [2.24, 2.45) is 0 Å². The molecule has 0 bridgehead atoms. The highest BCUT2D eigenvalue weighted by Gasteiger charge is 2.07. The summed E-state index contributed by atoms with van der Waals surface area (Å²) < 4.78 is 0. The first-order valence-corrected chi connectivity index (χ1v) is 6.56. The number of aromatic nitrogens is 1. The molecule has 1 aromatic rings. The summed E-state index contributed by atoms with van der Waals surface area (Å²) in [6.07, 6.45) is 1.17. The standard InChI is InChI=1S/C11H22N4S/c1-4-5-15(7-6-14(2)3)8-10-9-16-11(12)13-10/h9H,4-8H2,1-3H3,(H2,12,13). The van der Waals surface area contributed by atoms with Crippen LogP contribution in [-0.2, 0) is 6.54 Å². The van der Waals surface area contributed by atoms with Gasteiger partial charge in [-0.05, 0) is 27.1 Å². The van der Waals surface area contributed by atoms with E-state index < -0.39 is 0 Å². The Morgan fingerprint density at radius 2 is 2.06 bits per heavy atom. The van der Waals surface area contributed by atoms with Crippen LogP contribution in [0.15, 0.2) is 5.38 Å². The van der Waals surface area contributed by atoms with E-state index >= 15 is 0 Å². The molecule has 5 heteroatoms. The topological polar surface area (TPSA) is 45.4 Å². The molecule has 0 radical (unpaired) electrons. The summed E-state index contributed by atoms with van der Waals surface area (Å²) in [6.45, 7) is 6.40. The van der Waals surface area contributed by atoms with Crippen LogP contribution >= 0.6 is 11.3 Å². The van der Waals surface area contributed by atoms with Gasteiger partial charge in [-0.15, -0.1) is 11.3 Å². The predicted molar refractivity (Wildman–Crippen MR) is 70.6 cm³/mol. The molecule has 92 valence electrons. The van der Waals surface area contributed by atoms with Gasteiger partial charge in [0.2, 0.25) is 0 Å². The molecule has 1 heterocycles. The summed E-state index contributed by atoms with van der Waals surface area (Å²) in [5, 5.41) is 2.72. The minimum Gasteiger partial charge on any atom is -0.375 e. The Morgan fingerprint density at radius 3 is 2.56 bits per heavy atom. The van der Waals surface area contributed by atoms with Crippen molar-refractivity contribution in [3.63, 3.8) is 0 Å².